The summed E-state index contributed by atoms with van der Waals surface area (Å²) in [4.78, 5) is 14.5. The zero-order chi connectivity index (χ0) is 13.1. The maximum atomic E-state index is 13.5. The minimum absolute atomic E-state index is 0.00235. The van der Waals surface area contributed by atoms with E-state index in [1.807, 2.05) is 0 Å². The summed E-state index contributed by atoms with van der Waals surface area (Å²) in [6.07, 6.45) is 2.50. The number of carbonyl (C=O) groups is 1. The largest absolute Gasteiger partial charge is 0.478 e. The molecule has 0 spiro atoms. The second-order valence-corrected chi connectivity index (χ2v) is 4.31. The molecule has 2 aromatic rings. The van der Waals surface area contributed by atoms with Gasteiger partial charge in [0.25, 0.3) is 0 Å². The van der Waals surface area contributed by atoms with Crippen molar-refractivity contribution >= 4 is 21.9 Å². The maximum Gasteiger partial charge on any atom is 0.337 e. The highest BCUT2D eigenvalue weighted by Gasteiger charge is 2.08. The molecule has 0 radical (unpaired) electrons. The second kappa shape index (κ2) is 5.14. The molecule has 1 aromatic carbocycles. The Balaban J connectivity index is 2.28. The predicted molar refractivity (Wildman–Crippen MR) is 65.4 cm³/mol. The van der Waals surface area contributed by atoms with Crippen molar-refractivity contribution in [3.63, 3.8) is 0 Å². The fourth-order valence-corrected chi connectivity index (χ4v) is 1.61. The number of hydrogen-bond donors (Lipinski definition) is 1. The molecular formula is C12H7BrFNO3. The van der Waals surface area contributed by atoms with Gasteiger partial charge in [-0.3, -0.25) is 4.98 Å². The maximum absolute atomic E-state index is 13.5. The Morgan fingerprint density at radius 1 is 1.33 bits per heavy atom. The van der Waals surface area contributed by atoms with Gasteiger partial charge in [-0.25, -0.2) is 9.18 Å². The lowest BCUT2D eigenvalue weighted by Gasteiger charge is -2.07. The first kappa shape index (κ1) is 12.5. The van der Waals surface area contributed by atoms with Gasteiger partial charge in [0.15, 0.2) is 11.6 Å². The van der Waals surface area contributed by atoms with Crippen LogP contribution in [0.15, 0.2) is 41.1 Å². The standard InChI is InChI=1S/C12H7BrFNO3/c13-8-1-2-11(10(14)4-8)18-9-3-7(12(16)17)5-15-6-9/h1-6H,(H,16,17). The van der Waals surface area contributed by atoms with Crippen LogP contribution < -0.4 is 4.74 Å². The quantitative estimate of drug-likeness (QED) is 0.943. The van der Waals surface area contributed by atoms with Gasteiger partial charge in [-0.05, 0) is 24.3 Å². The van der Waals surface area contributed by atoms with E-state index < -0.39 is 11.8 Å². The fraction of sp³-hybridized carbons (Fsp3) is 0. The van der Waals surface area contributed by atoms with Crippen LogP contribution in [0.5, 0.6) is 11.5 Å². The van der Waals surface area contributed by atoms with Gasteiger partial charge in [-0.2, -0.15) is 0 Å². The molecule has 0 unspecified atom stereocenters. The predicted octanol–water partition coefficient (Wildman–Crippen LogP) is 3.47. The molecule has 0 saturated carbocycles. The first-order valence-corrected chi connectivity index (χ1v) is 5.67. The van der Waals surface area contributed by atoms with Gasteiger partial charge in [0, 0.05) is 10.7 Å². The van der Waals surface area contributed by atoms with Crippen molar-refractivity contribution in [2.24, 2.45) is 0 Å². The van der Waals surface area contributed by atoms with Crippen LogP contribution >= 0.6 is 15.9 Å². The van der Waals surface area contributed by atoms with Gasteiger partial charge >= 0.3 is 5.97 Å². The molecule has 0 saturated heterocycles. The number of nitrogens with zero attached hydrogens (tertiary/aromatic N) is 1. The van der Waals surface area contributed by atoms with E-state index in [1.165, 1.54) is 30.6 Å². The zero-order valence-corrected chi connectivity index (χ0v) is 10.5. The first-order valence-electron chi connectivity index (χ1n) is 4.87. The molecule has 18 heavy (non-hydrogen) atoms. The third kappa shape index (κ3) is 2.84. The van der Waals surface area contributed by atoms with Crippen LogP contribution in [0.3, 0.4) is 0 Å². The Morgan fingerprint density at radius 3 is 2.78 bits per heavy atom. The highest BCUT2D eigenvalue weighted by molar-refractivity contribution is 9.10. The molecule has 1 aromatic heterocycles. The molecule has 2 rings (SSSR count). The van der Waals surface area contributed by atoms with E-state index >= 15 is 0 Å². The normalized spacial score (nSPS) is 10.1. The van der Waals surface area contributed by atoms with Crippen LogP contribution in [0.2, 0.25) is 0 Å². The molecule has 1 heterocycles. The van der Waals surface area contributed by atoms with Crippen LogP contribution in [-0.4, -0.2) is 16.1 Å². The Labute approximate surface area is 110 Å². The molecule has 1 N–H and O–H groups in total. The number of aromatic nitrogens is 1. The third-order valence-electron chi connectivity index (χ3n) is 2.08. The summed E-state index contributed by atoms with van der Waals surface area (Å²) < 4.78 is 19.3. The van der Waals surface area contributed by atoms with Crippen molar-refractivity contribution in [2.45, 2.75) is 0 Å². The van der Waals surface area contributed by atoms with Gasteiger partial charge in [-0.1, -0.05) is 15.9 Å². The van der Waals surface area contributed by atoms with Crippen molar-refractivity contribution in [1.82, 2.24) is 4.98 Å². The summed E-state index contributed by atoms with van der Waals surface area (Å²) in [5.74, 6) is -1.51. The molecule has 0 bridgehead atoms. The van der Waals surface area contributed by atoms with E-state index in [0.717, 1.165) is 0 Å². The van der Waals surface area contributed by atoms with Crippen molar-refractivity contribution in [3.8, 4) is 11.5 Å². The summed E-state index contributed by atoms with van der Waals surface area (Å²) >= 11 is 3.13. The number of carboxylic acids is 1. The van der Waals surface area contributed by atoms with E-state index in [-0.39, 0.29) is 17.1 Å². The Kier molecular flexibility index (Phi) is 3.57. The number of halogens is 2. The van der Waals surface area contributed by atoms with Gasteiger partial charge in [0.2, 0.25) is 0 Å². The molecule has 0 atom stereocenters. The van der Waals surface area contributed by atoms with E-state index in [0.29, 0.717) is 4.47 Å². The molecular weight excluding hydrogens is 305 g/mol. The van der Waals surface area contributed by atoms with Gasteiger partial charge in [0.1, 0.15) is 5.75 Å². The van der Waals surface area contributed by atoms with E-state index in [4.69, 9.17) is 9.84 Å². The smallest absolute Gasteiger partial charge is 0.337 e. The van der Waals surface area contributed by atoms with Crippen LogP contribution in [0.1, 0.15) is 10.4 Å². The van der Waals surface area contributed by atoms with Gasteiger partial charge < -0.3 is 9.84 Å². The van der Waals surface area contributed by atoms with E-state index in [9.17, 15) is 9.18 Å². The van der Waals surface area contributed by atoms with Crippen LogP contribution in [0, 0.1) is 5.82 Å². The fourth-order valence-electron chi connectivity index (χ4n) is 1.28. The second-order valence-electron chi connectivity index (χ2n) is 3.39. The number of ether oxygens (including phenoxy) is 1. The molecule has 0 aliphatic rings. The van der Waals surface area contributed by atoms with Crippen molar-refractivity contribution in [2.75, 3.05) is 0 Å². The van der Waals surface area contributed by atoms with Crippen LogP contribution in [0.25, 0.3) is 0 Å². The van der Waals surface area contributed by atoms with Crippen LogP contribution in [-0.2, 0) is 0 Å². The van der Waals surface area contributed by atoms with Gasteiger partial charge in [-0.15, -0.1) is 0 Å². The Hall–Kier alpha value is -1.95. The minimum Gasteiger partial charge on any atom is -0.478 e. The lowest BCUT2D eigenvalue weighted by atomic mass is 10.3. The SMILES string of the molecule is O=C(O)c1cncc(Oc2ccc(Br)cc2F)c1. The molecule has 0 fully saturated rings. The number of hydrogen-bond acceptors (Lipinski definition) is 3. The van der Waals surface area contributed by atoms with Crippen molar-refractivity contribution in [1.29, 1.82) is 0 Å². The lowest BCUT2D eigenvalue weighted by molar-refractivity contribution is 0.0696. The summed E-state index contributed by atoms with van der Waals surface area (Å²) in [5.41, 5.74) is -0.0231. The topological polar surface area (TPSA) is 59.4 Å². The summed E-state index contributed by atoms with van der Waals surface area (Å²) in [5, 5.41) is 8.79. The highest BCUT2D eigenvalue weighted by Crippen LogP contribution is 2.26. The molecule has 0 amide bonds. The average molecular weight is 312 g/mol. The average Bonchev–Trinajstić information content (AvgIpc) is 2.33. The number of benzene rings is 1. The highest BCUT2D eigenvalue weighted by atomic mass is 79.9. The molecule has 0 aliphatic heterocycles. The number of carboxylic acid groups (broad SMARTS) is 1. The Bertz CT molecular complexity index is 604. The molecule has 6 heteroatoms. The summed E-state index contributed by atoms with van der Waals surface area (Å²) in [6, 6.07) is 5.58. The van der Waals surface area contributed by atoms with E-state index in [2.05, 4.69) is 20.9 Å². The first-order chi connectivity index (χ1) is 8.56. The van der Waals surface area contributed by atoms with Gasteiger partial charge in [0.05, 0.1) is 11.8 Å². The molecule has 92 valence electrons. The Morgan fingerprint density at radius 2 is 2.11 bits per heavy atom. The van der Waals surface area contributed by atoms with Crippen molar-refractivity contribution < 1.29 is 19.0 Å². The number of rotatable bonds is 3. The summed E-state index contributed by atoms with van der Waals surface area (Å²) in [6.45, 7) is 0. The number of pyridine rings is 1. The van der Waals surface area contributed by atoms with E-state index in [1.54, 1.807) is 6.07 Å². The zero-order valence-electron chi connectivity index (χ0n) is 8.93. The monoisotopic (exact) mass is 311 g/mol. The van der Waals surface area contributed by atoms with Crippen LogP contribution in [0.4, 0.5) is 4.39 Å². The summed E-state index contributed by atoms with van der Waals surface area (Å²) in [7, 11) is 0. The molecule has 0 aliphatic carbocycles. The lowest BCUT2D eigenvalue weighted by Crippen LogP contribution is -1.98. The number of aromatic carboxylic acids is 1. The minimum atomic E-state index is -1.12. The third-order valence-corrected chi connectivity index (χ3v) is 2.58. The van der Waals surface area contributed by atoms with Crippen molar-refractivity contribution in [3.05, 3.63) is 52.5 Å². The molecule has 4 nitrogen and oxygen atoms in total.